The van der Waals surface area contributed by atoms with Gasteiger partial charge in [0.25, 0.3) is 0 Å². The van der Waals surface area contributed by atoms with Gasteiger partial charge in [0.05, 0.1) is 6.61 Å². The van der Waals surface area contributed by atoms with E-state index in [-0.39, 0.29) is 30.3 Å². The lowest BCUT2D eigenvalue weighted by Crippen LogP contribution is -2.53. The average molecular weight is 387 g/mol. The summed E-state index contributed by atoms with van der Waals surface area (Å²) in [5.74, 6) is 10.4. The van der Waals surface area contributed by atoms with E-state index >= 15 is 0 Å². The molecule has 0 aliphatic heterocycles. The Morgan fingerprint density at radius 3 is 2.46 bits per heavy atom. The molecule has 0 radical (unpaired) electrons. The summed E-state index contributed by atoms with van der Waals surface area (Å²) < 4.78 is 0. The minimum absolute atomic E-state index is 0.0882. The highest BCUT2D eigenvalue weighted by Gasteiger charge is 2.60. The fraction of sp³-hybridized carbons (Fsp3) is 0.880. The Bertz CT molecular complexity index is 660. The van der Waals surface area contributed by atoms with Gasteiger partial charge in [0.1, 0.15) is 6.61 Å². The van der Waals surface area contributed by atoms with Crippen molar-refractivity contribution in [3.63, 3.8) is 0 Å². The lowest BCUT2D eigenvalue weighted by molar-refractivity contribution is -0.138. The maximum Gasteiger partial charge on any atom is 0.161 e. The zero-order chi connectivity index (χ0) is 19.9. The number of fused-ring (bicyclic) bond motifs is 5. The third kappa shape index (κ3) is 3.16. The second kappa shape index (κ2) is 7.77. The van der Waals surface area contributed by atoms with Gasteiger partial charge >= 0.3 is 0 Å². The molecule has 0 amide bonds. The van der Waals surface area contributed by atoms with Crippen LogP contribution in [-0.4, -0.2) is 29.2 Å². The molecule has 28 heavy (non-hydrogen) atoms. The van der Waals surface area contributed by atoms with Crippen LogP contribution in [0.25, 0.3) is 0 Å². The molecule has 0 aromatic rings. The summed E-state index contributed by atoms with van der Waals surface area (Å²) in [6.07, 6.45) is 11.6. The van der Waals surface area contributed by atoms with Crippen molar-refractivity contribution in [2.24, 2.45) is 46.3 Å². The summed E-state index contributed by atoms with van der Waals surface area (Å²) in [6.45, 7) is 4.82. The summed E-state index contributed by atoms with van der Waals surface area (Å²) in [6, 6.07) is 0. The molecule has 4 saturated carbocycles. The molecule has 4 aliphatic rings. The van der Waals surface area contributed by atoms with Crippen molar-refractivity contribution < 1.29 is 15.0 Å². The van der Waals surface area contributed by atoms with Crippen LogP contribution in [-0.2, 0) is 4.79 Å². The number of rotatable bonds is 3. The Morgan fingerprint density at radius 2 is 1.71 bits per heavy atom. The molecule has 0 aromatic heterocycles. The van der Waals surface area contributed by atoms with Gasteiger partial charge in [-0.1, -0.05) is 19.8 Å². The van der Waals surface area contributed by atoms with E-state index in [0.717, 1.165) is 30.6 Å². The van der Waals surface area contributed by atoms with E-state index in [4.69, 9.17) is 5.11 Å². The minimum Gasteiger partial charge on any atom is -0.395 e. The Labute approximate surface area is 170 Å². The van der Waals surface area contributed by atoms with Crippen LogP contribution in [0.3, 0.4) is 0 Å². The number of aliphatic hydroxyl groups excluding tert-OH is 2. The van der Waals surface area contributed by atoms with Crippen molar-refractivity contribution in [3.8, 4) is 11.8 Å². The van der Waals surface area contributed by atoms with E-state index in [1.165, 1.54) is 44.9 Å². The largest absolute Gasteiger partial charge is 0.395 e. The SMILES string of the molecule is C[C@]12CC[C@H](C#CCCO)C[C@H]1CC[C@@H]1[C@@H]2CC[C@]2(C)[C@@H](C(=O)CO)CC[C@@H]12. The quantitative estimate of drug-likeness (QED) is 0.715. The van der Waals surface area contributed by atoms with E-state index in [0.29, 0.717) is 23.7 Å². The number of ketones is 1. The van der Waals surface area contributed by atoms with Crippen LogP contribution in [0.5, 0.6) is 0 Å². The van der Waals surface area contributed by atoms with Gasteiger partial charge in [0, 0.05) is 18.3 Å². The molecular formula is C25H38O3. The molecule has 0 spiro atoms. The molecule has 156 valence electrons. The first-order valence-electron chi connectivity index (χ1n) is 11.7. The van der Waals surface area contributed by atoms with E-state index in [2.05, 4.69) is 25.7 Å². The molecule has 4 aliphatic carbocycles. The maximum atomic E-state index is 12.4. The number of Topliss-reactive ketones (excluding diaryl/α,β-unsaturated/α-hetero) is 1. The standard InChI is InChI=1S/C25H38O3/c1-24-12-10-17(5-3-4-14-26)15-18(24)6-7-19-20-8-9-22(23(28)16-27)25(20,2)13-11-21(19)24/h17-22,26-27H,4,6-16H2,1-2H3/t17-,18+,19-,20-,21-,22+,24-,25-/m0/s1. The predicted molar refractivity (Wildman–Crippen MR) is 110 cm³/mol. The van der Waals surface area contributed by atoms with Crippen molar-refractivity contribution in [3.05, 3.63) is 0 Å². The number of aliphatic hydroxyl groups is 2. The summed E-state index contributed by atoms with van der Waals surface area (Å²) >= 11 is 0. The van der Waals surface area contributed by atoms with Crippen LogP contribution in [0, 0.1) is 58.2 Å². The zero-order valence-electron chi connectivity index (χ0n) is 17.8. The van der Waals surface area contributed by atoms with Gasteiger partial charge in [-0.05, 0) is 92.3 Å². The highest BCUT2D eigenvalue weighted by molar-refractivity contribution is 5.83. The first kappa shape index (κ1) is 20.4. The van der Waals surface area contributed by atoms with Crippen molar-refractivity contribution in [1.29, 1.82) is 0 Å². The molecule has 2 N–H and O–H groups in total. The molecule has 0 saturated heterocycles. The van der Waals surface area contributed by atoms with Crippen LogP contribution in [0.1, 0.15) is 78.1 Å². The van der Waals surface area contributed by atoms with Gasteiger partial charge in [-0.25, -0.2) is 0 Å². The van der Waals surface area contributed by atoms with Crippen molar-refractivity contribution in [1.82, 2.24) is 0 Å². The second-order valence-corrected chi connectivity index (χ2v) is 10.7. The lowest BCUT2D eigenvalue weighted by Gasteiger charge is -2.61. The molecule has 3 nitrogen and oxygen atoms in total. The van der Waals surface area contributed by atoms with Crippen molar-refractivity contribution >= 4 is 5.78 Å². The monoisotopic (exact) mass is 386 g/mol. The second-order valence-electron chi connectivity index (χ2n) is 10.7. The van der Waals surface area contributed by atoms with E-state index in [1.54, 1.807) is 0 Å². The average Bonchev–Trinajstić information content (AvgIpc) is 3.05. The summed E-state index contributed by atoms with van der Waals surface area (Å²) in [5.41, 5.74) is 0.565. The van der Waals surface area contributed by atoms with Crippen molar-refractivity contribution in [2.45, 2.75) is 78.1 Å². The van der Waals surface area contributed by atoms with Gasteiger partial charge in [-0.3, -0.25) is 4.79 Å². The fourth-order valence-corrected chi connectivity index (χ4v) is 8.30. The normalized spacial score (nSPS) is 47.3. The van der Waals surface area contributed by atoms with Crippen LogP contribution in [0.4, 0.5) is 0 Å². The van der Waals surface area contributed by atoms with Crippen LogP contribution < -0.4 is 0 Å². The summed E-state index contributed by atoms with van der Waals surface area (Å²) in [5, 5.41) is 18.4. The Balaban J connectivity index is 1.50. The predicted octanol–water partition coefficient (Wildman–Crippen LogP) is 4.21. The van der Waals surface area contributed by atoms with Gasteiger partial charge in [0.2, 0.25) is 0 Å². The van der Waals surface area contributed by atoms with Gasteiger partial charge in [0.15, 0.2) is 5.78 Å². The van der Waals surface area contributed by atoms with Crippen molar-refractivity contribution in [2.75, 3.05) is 13.2 Å². The van der Waals surface area contributed by atoms with Crippen LogP contribution in [0.2, 0.25) is 0 Å². The first-order valence-corrected chi connectivity index (χ1v) is 11.7. The molecule has 0 unspecified atom stereocenters. The number of hydrogen-bond acceptors (Lipinski definition) is 3. The molecule has 8 atom stereocenters. The lowest BCUT2D eigenvalue weighted by atomic mass is 9.44. The number of carbonyl (C=O) groups excluding carboxylic acids is 1. The molecule has 4 fully saturated rings. The molecule has 0 heterocycles. The van der Waals surface area contributed by atoms with Gasteiger partial charge < -0.3 is 10.2 Å². The maximum absolute atomic E-state index is 12.4. The number of carbonyl (C=O) groups is 1. The molecular weight excluding hydrogens is 348 g/mol. The molecule has 4 rings (SSSR count). The summed E-state index contributed by atoms with van der Waals surface area (Å²) in [7, 11) is 0. The fourth-order valence-electron chi connectivity index (χ4n) is 8.30. The highest BCUT2D eigenvalue weighted by Crippen LogP contribution is 2.67. The zero-order valence-corrected chi connectivity index (χ0v) is 17.8. The van der Waals surface area contributed by atoms with E-state index in [9.17, 15) is 9.90 Å². The third-order valence-electron chi connectivity index (χ3n) is 9.75. The molecule has 0 aromatic carbocycles. The topological polar surface area (TPSA) is 57.5 Å². The number of hydrogen-bond donors (Lipinski definition) is 2. The first-order chi connectivity index (χ1) is 13.4. The van der Waals surface area contributed by atoms with Crippen LogP contribution >= 0.6 is 0 Å². The highest BCUT2D eigenvalue weighted by atomic mass is 16.3. The molecule has 3 heteroatoms. The Hall–Kier alpha value is -0.850. The smallest absolute Gasteiger partial charge is 0.161 e. The Kier molecular flexibility index (Phi) is 5.66. The van der Waals surface area contributed by atoms with E-state index in [1.807, 2.05) is 0 Å². The Morgan fingerprint density at radius 1 is 0.964 bits per heavy atom. The van der Waals surface area contributed by atoms with Crippen LogP contribution in [0.15, 0.2) is 0 Å². The third-order valence-corrected chi connectivity index (χ3v) is 9.75. The van der Waals surface area contributed by atoms with Gasteiger partial charge in [-0.2, -0.15) is 0 Å². The van der Waals surface area contributed by atoms with Gasteiger partial charge in [-0.15, -0.1) is 5.92 Å². The van der Waals surface area contributed by atoms with E-state index < -0.39 is 0 Å². The molecule has 0 bridgehead atoms. The minimum atomic E-state index is -0.278. The summed E-state index contributed by atoms with van der Waals surface area (Å²) in [4.78, 5) is 12.4.